The molecule has 1 N–H and O–H groups in total. The number of benzene rings is 2. The van der Waals surface area contributed by atoms with E-state index in [1.165, 1.54) is 12.1 Å². The van der Waals surface area contributed by atoms with Gasteiger partial charge in [-0.05, 0) is 36.4 Å². The van der Waals surface area contributed by atoms with E-state index in [-0.39, 0.29) is 10.6 Å². The van der Waals surface area contributed by atoms with Gasteiger partial charge in [0.2, 0.25) is 0 Å². The number of nitrogens with one attached hydrogen (secondary N) is 1. The first kappa shape index (κ1) is 13.1. The van der Waals surface area contributed by atoms with Gasteiger partial charge in [-0.3, -0.25) is 4.79 Å². The van der Waals surface area contributed by atoms with E-state index in [1.54, 1.807) is 18.2 Å². The summed E-state index contributed by atoms with van der Waals surface area (Å²) in [5.41, 5.74) is 0.545. The van der Waals surface area contributed by atoms with E-state index in [0.29, 0.717) is 5.69 Å². The summed E-state index contributed by atoms with van der Waals surface area (Å²) >= 11 is 8.91. The molecule has 0 aliphatic carbocycles. The van der Waals surface area contributed by atoms with Gasteiger partial charge >= 0.3 is 0 Å². The molecular weight excluding hydrogens is 321 g/mol. The van der Waals surface area contributed by atoms with Crippen LogP contribution in [0.2, 0.25) is 5.02 Å². The van der Waals surface area contributed by atoms with Gasteiger partial charge in [0, 0.05) is 15.2 Å². The van der Waals surface area contributed by atoms with E-state index < -0.39 is 11.7 Å². The number of hydrogen-bond acceptors (Lipinski definition) is 1. The van der Waals surface area contributed by atoms with Crippen LogP contribution in [0.5, 0.6) is 0 Å². The molecule has 2 aromatic rings. The van der Waals surface area contributed by atoms with Gasteiger partial charge in [0.25, 0.3) is 5.91 Å². The van der Waals surface area contributed by atoms with Crippen LogP contribution in [-0.4, -0.2) is 5.91 Å². The Morgan fingerprint density at radius 3 is 2.67 bits per heavy atom. The zero-order valence-electron chi connectivity index (χ0n) is 9.08. The molecule has 18 heavy (non-hydrogen) atoms. The SMILES string of the molecule is O=C(Nc1cccc(Br)c1)c1ccc(Cl)cc1F. The van der Waals surface area contributed by atoms with Gasteiger partial charge < -0.3 is 5.32 Å². The largest absolute Gasteiger partial charge is 0.322 e. The molecule has 5 heteroatoms. The van der Waals surface area contributed by atoms with Crippen LogP contribution in [-0.2, 0) is 0 Å². The first-order valence-electron chi connectivity index (χ1n) is 5.08. The lowest BCUT2D eigenvalue weighted by Crippen LogP contribution is -2.13. The molecule has 0 aromatic heterocycles. The van der Waals surface area contributed by atoms with Crippen molar-refractivity contribution in [2.75, 3.05) is 5.32 Å². The highest BCUT2D eigenvalue weighted by Crippen LogP contribution is 2.19. The van der Waals surface area contributed by atoms with E-state index in [9.17, 15) is 9.18 Å². The smallest absolute Gasteiger partial charge is 0.258 e. The van der Waals surface area contributed by atoms with Crippen LogP contribution in [0.3, 0.4) is 0 Å². The van der Waals surface area contributed by atoms with Crippen LogP contribution in [0.4, 0.5) is 10.1 Å². The summed E-state index contributed by atoms with van der Waals surface area (Å²) in [5.74, 6) is -1.16. The Balaban J connectivity index is 2.22. The third kappa shape index (κ3) is 3.09. The molecule has 0 spiro atoms. The number of halogens is 3. The van der Waals surface area contributed by atoms with Crippen LogP contribution >= 0.6 is 27.5 Å². The predicted molar refractivity (Wildman–Crippen MR) is 73.5 cm³/mol. The molecule has 0 unspecified atom stereocenters. The molecule has 0 heterocycles. The Morgan fingerprint density at radius 1 is 1.22 bits per heavy atom. The second kappa shape index (κ2) is 5.50. The predicted octanol–water partition coefficient (Wildman–Crippen LogP) is 4.49. The van der Waals surface area contributed by atoms with Crippen molar-refractivity contribution in [3.63, 3.8) is 0 Å². The summed E-state index contributed by atoms with van der Waals surface area (Å²) in [4.78, 5) is 11.8. The number of hydrogen-bond donors (Lipinski definition) is 1. The highest BCUT2D eigenvalue weighted by Gasteiger charge is 2.12. The lowest BCUT2D eigenvalue weighted by molar-refractivity contribution is 0.102. The fourth-order valence-electron chi connectivity index (χ4n) is 1.44. The molecule has 92 valence electrons. The van der Waals surface area contributed by atoms with E-state index >= 15 is 0 Å². The standard InChI is InChI=1S/C13H8BrClFNO/c14-8-2-1-3-10(6-8)17-13(18)11-5-4-9(15)7-12(11)16/h1-7H,(H,17,18). The van der Waals surface area contributed by atoms with Crippen LogP contribution < -0.4 is 5.32 Å². The second-order valence-electron chi connectivity index (χ2n) is 3.59. The van der Waals surface area contributed by atoms with Crippen molar-refractivity contribution in [3.05, 3.63) is 63.3 Å². The highest BCUT2D eigenvalue weighted by molar-refractivity contribution is 9.10. The highest BCUT2D eigenvalue weighted by atomic mass is 79.9. The lowest BCUT2D eigenvalue weighted by atomic mass is 10.2. The molecule has 2 rings (SSSR count). The molecule has 0 aliphatic rings. The van der Waals surface area contributed by atoms with Gasteiger partial charge in [-0.2, -0.15) is 0 Å². The first-order valence-corrected chi connectivity index (χ1v) is 6.25. The Labute approximate surface area is 117 Å². The molecule has 2 nitrogen and oxygen atoms in total. The van der Waals surface area contributed by atoms with Gasteiger partial charge in [0.1, 0.15) is 5.82 Å². The topological polar surface area (TPSA) is 29.1 Å². The maximum absolute atomic E-state index is 13.5. The summed E-state index contributed by atoms with van der Waals surface area (Å²) in [6, 6.07) is 11.0. The molecule has 0 atom stereocenters. The second-order valence-corrected chi connectivity index (χ2v) is 4.94. The average Bonchev–Trinajstić information content (AvgIpc) is 2.28. The Hall–Kier alpha value is -1.39. The zero-order chi connectivity index (χ0) is 13.1. The van der Waals surface area contributed by atoms with Crippen molar-refractivity contribution in [2.45, 2.75) is 0 Å². The summed E-state index contributed by atoms with van der Waals surface area (Å²) in [6.07, 6.45) is 0. The average molecular weight is 329 g/mol. The van der Waals surface area contributed by atoms with Gasteiger partial charge in [-0.25, -0.2) is 4.39 Å². The summed E-state index contributed by atoms with van der Waals surface area (Å²) in [7, 11) is 0. The van der Waals surface area contributed by atoms with Crippen molar-refractivity contribution in [1.29, 1.82) is 0 Å². The van der Waals surface area contributed by atoms with E-state index in [1.807, 2.05) is 6.07 Å². The Bertz CT molecular complexity index is 603. The van der Waals surface area contributed by atoms with Gasteiger partial charge in [-0.1, -0.05) is 33.6 Å². The molecule has 0 fully saturated rings. The molecular formula is C13H8BrClFNO. The molecule has 2 aromatic carbocycles. The maximum atomic E-state index is 13.5. The van der Waals surface area contributed by atoms with Crippen LogP contribution in [0.15, 0.2) is 46.9 Å². The lowest BCUT2D eigenvalue weighted by Gasteiger charge is -2.06. The monoisotopic (exact) mass is 327 g/mol. The number of carbonyl (C=O) groups is 1. The first-order chi connectivity index (χ1) is 8.56. The van der Waals surface area contributed by atoms with E-state index in [4.69, 9.17) is 11.6 Å². The Kier molecular flexibility index (Phi) is 3.99. The number of rotatable bonds is 2. The van der Waals surface area contributed by atoms with Crippen molar-refractivity contribution >= 4 is 39.1 Å². The molecule has 0 saturated carbocycles. The summed E-state index contributed by atoms with van der Waals surface area (Å²) < 4.78 is 14.4. The molecule has 0 aliphatic heterocycles. The summed E-state index contributed by atoms with van der Waals surface area (Å²) in [6.45, 7) is 0. The van der Waals surface area contributed by atoms with Crippen LogP contribution in [0, 0.1) is 5.82 Å². The minimum atomic E-state index is -0.644. The third-order valence-corrected chi connectivity index (χ3v) is 2.99. The molecule has 0 saturated heterocycles. The number of anilines is 1. The Morgan fingerprint density at radius 2 is 2.00 bits per heavy atom. The van der Waals surface area contributed by atoms with E-state index in [0.717, 1.165) is 10.5 Å². The minimum absolute atomic E-state index is 0.0422. The van der Waals surface area contributed by atoms with Crippen LogP contribution in [0.25, 0.3) is 0 Å². The van der Waals surface area contributed by atoms with Crippen molar-refractivity contribution in [1.82, 2.24) is 0 Å². The molecule has 1 amide bonds. The quantitative estimate of drug-likeness (QED) is 0.864. The van der Waals surface area contributed by atoms with Gasteiger partial charge in [0.15, 0.2) is 0 Å². The minimum Gasteiger partial charge on any atom is -0.322 e. The number of amides is 1. The zero-order valence-corrected chi connectivity index (χ0v) is 11.4. The van der Waals surface area contributed by atoms with Crippen molar-refractivity contribution in [3.8, 4) is 0 Å². The number of carbonyl (C=O) groups excluding carboxylic acids is 1. The fourth-order valence-corrected chi connectivity index (χ4v) is 2.00. The summed E-state index contributed by atoms with van der Waals surface area (Å²) in [5, 5.41) is 2.86. The fraction of sp³-hybridized carbons (Fsp3) is 0. The maximum Gasteiger partial charge on any atom is 0.258 e. The van der Waals surface area contributed by atoms with E-state index in [2.05, 4.69) is 21.2 Å². The molecule has 0 bridgehead atoms. The van der Waals surface area contributed by atoms with Gasteiger partial charge in [-0.15, -0.1) is 0 Å². The van der Waals surface area contributed by atoms with Crippen molar-refractivity contribution < 1.29 is 9.18 Å². The normalized spacial score (nSPS) is 10.2. The van der Waals surface area contributed by atoms with Gasteiger partial charge in [0.05, 0.1) is 5.56 Å². The third-order valence-electron chi connectivity index (χ3n) is 2.26. The van der Waals surface area contributed by atoms with Crippen molar-refractivity contribution in [2.24, 2.45) is 0 Å². The molecule has 0 radical (unpaired) electrons. The van der Waals surface area contributed by atoms with Crippen LogP contribution in [0.1, 0.15) is 10.4 Å².